The van der Waals surface area contributed by atoms with Gasteiger partial charge in [0.25, 0.3) is 11.7 Å². The Balaban J connectivity index is 1.82. The molecule has 0 aliphatic carbocycles. The number of nitrogens with zero attached hydrogens (tertiary/aromatic N) is 1. The topological polar surface area (TPSA) is 94.5 Å². The molecule has 2 aliphatic heterocycles. The van der Waals surface area contributed by atoms with Gasteiger partial charge in [-0.15, -0.1) is 0 Å². The van der Waals surface area contributed by atoms with Crippen LogP contribution in [0.1, 0.15) is 43.5 Å². The molecule has 2 atom stereocenters. The van der Waals surface area contributed by atoms with Gasteiger partial charge in [-0.3, -0.25) is 9.59 Å². The molecule has 192 valence electrons. The number of ether oxygens (including phenoxy) is 4. The van der Waals surface area contributed by atoms with Gasteiger partial charge in [-0.05, 0) is 54.3 Å². The number of fused-ring (bicyclic) bond motifs is 1. The molecule has 1 fully saturated rings. The molecule has 8 heteroatoms. The van der Waals surface area contributed by atoms with Crippen molar-refractivity contribution in [2.45, 2.75) is 39.3 Å². The Labute approximate surface area is 211 Å². The van der Waals surface area contributed by atoms with Gasteiger partial charge in [0.15, 0.2) is 11.5 Å². The molecule has 2 unspecified atom stereocenters. The van der Waals surface area contributed by atoms with E-state index in [1.807, 2.05) is 26.8 Å². The zero-order valence-corrected chi connectivity index (χ0v) is 21.4. The minimum absolute atomic E-state index is 0.0305. The van der Waals surface area contributed by atoms with Gasteiger partial charge in [0.1, 0.15) is 17.6 Å². The highest BCUT2D eigenvalue weighted by Crippen LogP contribution is 2.42. The lowest BCUT2D eigenvalue weighted by Gasteiger charge is -2.26. The standard InChI is InChI=1S/C28H33NO7/c1-16(2)15-35-23-14-18(6-9-22(23)34-5)25-24(27(31)28(32)29(25)10-11-33-4)26(30)19-7-8-21-20(13-19)12-17(3)36-21/h6-9,13-14,16-17,25,30H,10-12,15H2,1-5H3/b26-24+. The summed E-state index contributed by atoms with van der Waals surface area (Å²) in [5.74, 6) is 0.457. The quantitative estimate of drug-likeness (QED) is 0.318. The van der Waals surface area contributed by atoms with E-state index in [0.29, 0.717) is 35.7 Å². The lowest BCUT2D eigenvalue weighted by atomic mass is 9.94. The number of methoxy groups -OCH3 is 2. The SMILES string of the molecule is COCCN1C(=O)C(=O)/C(=C(/O)c2ccc3c(c2)CC(C)O3)C1c1ccc(OC)c(OCC(C)C)c1. The molecule has 2 aromatic carbocycles. The van der Waals surface area contributed by atoms with Crippen molar-refractivity contribution < 1.29 is 33.6 Å². The van der Waals surface area contributed by atoms with Crippen molar-refractivity contribution >= 4 is 17.4 Å². The van der Waals surface area contributed by atoms with Gasteiger partial charge in [-0.1, -0.05) is 19.9 Å². The highest BCUT2D eigenvalue weighted by molar-refractivity contribution is 6.46. The minimum Gasteiger partial charge on any atom is -0.507 e. The molecule has 8 nitrogen and oxygen atoms in total. The number of Topliss-reactive ketones (excluding diaryl/α,β-unsaturated/α-hetero) is 1. The first kappa shape index (κ1) is 25.6. The first-order valence-electron chi connectivity index (χ1n) is 12.1. The molecule has 1 amide bonds. The van der Waals surface area contributed by atoms with Crippen LogP contribution < -0.4 is 14.2 Å². The van der Waals surface area contributed by atoms with Crippen molar-refractivity contribution in [2.24, 2.45) is 5.92 Å². The number of amides is 1. The predicted octanol–water partition coefficient (Wildman–Crippen LogP) is 4.12. The van der Waals surface area contributed by atoms with E-state index in [1.165, 1.54) is 12.0 Å². The third-order valence-corrected chi connectivity index (χ3v) is 6.32. The number of carbonyl (C=O) groups excluding carboxylic acids is 2. The zero-order chi connectivity index (χ0) is 26.0. The normalized spacial score (nSPS) is 20.6. The molecule has 2 heterocycles. The summed E-state index contributed by atoms with van der Waals surface area (Å²) in [6.07, 6.45) is 0.748. The molecule has 1 saturated heterocycles. The summed E-state index contributed by atoms with van der Waals surface area (Å²) in [5.41, 5.74) is 2.07. The second kappa shape index (κ2) is 10.6. The number of ketones is 1. The predicted molar refractivity (Wildman–Crippen MR) is 134 cm³/mol. The van der Waals surface area contributed by atoms with Crippen molar-refractivity contribution in [3.63, 3.8) is 0 Å². The lowest BCUT2D eigenvalue weighted by molar-refractivity contribution is -0.140. The summed E-state index contributed by atoms with van der Waals surface area (Å²) in [6.45, 7) is 6.95. The van der Waals surface area contributed by atoms with Crippen LogP contribution in [0.15, 0.2) is 42.0 Å². The van der Waals surface area contributed by atoms with Gasteiger partial charge >= 0.3 is 0 Å². The minimum atomic E-state index is -0.809. The van der Waals surface area contributed by atoms with Crippen molar-refractivity contribution in [1.29, 1.82) is 0 Å². The van der Waals surface area contributed by atoms with Crippen LogP contribution in [-0.2, 0) is 20.7 Å². The fraction of sp³-hybridized carbons (Fsp3) is 0.429. The molecule has 4 rings (SSSR count). The number of aliphatic hydroxyl groups is 1. The molecule has 0 bridgehead atoms. The van der Waals surface area contributed by atoms with E-state index in [4.69, 9.17) is 18.9 Å². The van der Waals surface area contributed by atoms with Gasteiger partial charge in [0.2, 0.25) is 0 Å². The molecule has 0 saturated carbocycles. The summed E-state index contributed by atoms with van der Waals surface area (Å²) in [4.78, 5) is 27.8. The third-order valence-electron chi connectivity index (χ3n) is 6.32. The van der Waals surface area contributed by atoms with Crippen molar-refractivity contribution in [2.75, 3.05) is 34.0 Å². The summed E-state index contributed by atoms with van der Waals surface area (Å²) in [6, 6.07) is 9.79. The molecular formula is C28H33NO7. The molecule has 36 heavy (non-hydrogen) atoms. The summed E-state index contributed by atoms with van der Waals surface area (Å²) in [7, 11) is 3.09. The Morgan fingerprint density at radius 2 is 1.92 bits per heavy atom. The van der Waals surface area contributed by atoms with Crippen LogP contribution in [0.5, 0.6) is 17.2 Å². The highest BCUT2D eigenvalue weighted by Gasteiger charge is 2.46. The maximum Gasteiger partial charge on any atom is 0.295 e. The zero-order valence-electron chi connectivity index (χ0n) is 21.4. The van der Waals surface area contributed by atoms with Crippen molar-refractivity contribution in [1.82, 2.24) is 4.90 Å². The second-order valence-electron chi connectivity index (χ2n) is 9.56. The fourth-order valence-corrected chi connectivity index (χ4v) is 4.60. The van der Waals surface area contributed by atoms with Crippen LogP contribution in [0.2, 0.25) is 0 Å². The average Bonchev–Trinajstić information content (AvgIpc) is 3.36. The Hall–Kier alpha value is -3.52. The summed E-state index contributed by atoms with van der Waals surface area (Å²) >= 11 is 0. The maximum absolute atomic E-state index is 13.3. The highest BCUT2D eigenvalue weighted by atomic mass is 16.5. The van der Waals surface area contributed by atoms with E-state index in [2.05, 4.69) is 0 Å². The van der Waals surface area contributed by atoms with E-state index in [9.17, 15) is 14.7 Å². The lowest BCUT2D eigenvalue weighted by Crippen LogP contribution is -2.32. The van der Waals surface area contributed by atoms with Gasteiger partial charge in [0.05, 0.1) is 31.9 Å². The molecule has 1 N–H and O–H groups in total. The van der Waals surface area contributed by atoms with Crippen LogP contribution >= 0.6 is 0 Å². The van der Waals surface area contributed by atoms with E-state index in [0.717, 1.165) is 11.3 Å². The van der Waals surface area contributed by atoms with E-state index in [1.54, 1.807) is 37.4 Å². The molecule has 0 radical (unpaired) electrons. The third kappa shape index (κ3) is 4.91. The first-order valence-corrected chi connectivity index (χ1v) is 12.1. The first-order chi connectivity index (χ1) is 17.2. The fourth-order valence-electron chi connectivity index (χ4n) is 4.60. The molecule has 0 aromatic heterocycles. The summed E-state index contributed by atoms with van der Waals surface area (Å²) < 4.78 is 22.4. The maximum atomic E-state index is 13.3. The number of hydrogen-bond acceptors (Lipinski definition) is 7. The number of benzene rings is 2. The Morgan fingerprint density at radius 1 is 1.14 bits per heavy atom. The van der Waals surface area contributed by atoms with Crippen LogP contribution in [0, 0.1) is 5.92 Å². The van der Waals surface area contributed by atoms with Gasteiger partial charge in [0, 0.05) is 25.6 Å². The Morgan fingerprint density at radius 3 is 2.61 bits per heavy atom. The number of hydrogen-bond donors (Lipinski definition) is 1. The number of rotatable bonds is 9. The molecule has 0 spiro atoms. The van der Waals surface area contributed by atoms with Crippen molar-refractivity contribution in [3.05, 3.63) is 58.7 Å². The second-order valence-corrected chi connectivity index (χ2v) is 9.56. The molecular weight excluding hydrogens is 462 g/mol. The van der Waals surface area contributed by atoms with Gasteiger partial charge in [-0.2, -0.15) is 0 Å². The van der Waals surface area contributed by atoms with Crippen LogP contribution in [0.25, 0.3) is 5.76 Å². The van der Waals surface area contributed by atoms with E-state index in [-0.39, 0.29) is 36.5 Å². The number of likely N-dealkylation sites (tertiary alicyclic amines) is 1. The molecule has 2 aliphatic rings. The average molecular weight is 496 g/mol. The number of carbonyl (C=O) groups is 2. The van der Waals surface area contributed by atoms with E-state index >= 15 is 0 Å². The smallest absolute Gasteiger partial charge is 0.295 e. The van der Waals surface area contributed by atoms with Crippen LogP contribution in [-0.4, -0.2) is 61.8 Å². The van der Waals surface area contributed by atoms with Gasteiger partial charge in [-0.25, -0.2) is 0 Å². The Kier molecular flexibility index (Phi) is 7.54. The van der Waals surface area contributed by atoms with Gasteiger partial charge < -0.3 is 29.0 Å². The summed E-state index contributed by atoms with van der Waals surface area (Å²) in [5, 5.41) is 11.4. The monoisotopic (exact) mass is 495 g/mol. The van der Waals surface area contributed by atoms with Crippen LogP contribution in [0.3, 0.4) is 0 Å². The number of aliphatic hydroxyl groups excluding tert-OH is 1. The van der Waals surface area contributed by atoms with E-state index < -0.39 is 17.7 Å². The van der Waals surface area contributed by atoms with Crippen LogP contribution in [0.4, 0.5) is 0 Å². The van der Waals surface area contributed by atoms with Crippen molar-refractivity contribution in [3.8, 4) is 17.2 Å². The molecule has 2 aromatic rings. The largest absolute Gasteiger partial charge is 0.507 e. The Bertz CT molecular complexity index is 1190.